The Kier molecular flexibility index (Phi) is 2.87. The Morgan fingerprint density at radius 3 is 2.80 bits per heavy atom. The normalized spacial score (nSPS) is 16.1. The minimum atomic E-state index is 0.754. The van der Waals surface area contributed by atoms with Crippen LogP contribution in [0.2, 0.25) is 0 Å². The first-order chi connectivity index (χ1) is 7.35. The number of nitrogens with two attached hydrogens (primary N) is 1. The summed E-state index contributed by atoms with van der Waals surface area (Å²) in [5.74, 6) is 6.17. The molecule has 0 radical (unpaired) electrons. The summed E-state index contributed by atoms with van der Waals surface area (Å²) >= 11 is 0. The van der Waals surface area contributed by atoms with Crippen LogP contribution in [0.15, 0.2) is 29.3 Å². The van der Waals surface area contributed by atoms with Gasteiger partial charge < -0.3 is 4.90 Å². The first kappa shape index (κ1) is 9.98. The van der Waals surface area contributed by atoms with Crippen LogP contribution >= 0.6 is 0 Å². The van der Waals surface area contributed by atoms with Crippen LogP contribution in [0.4, 0.5) is 0 Å². The minimum Gasteiger partial charge on any atom is -0.337 e. The van der Waals surface area contributed by atoms with Crippen molar-refractivity contribution >= 4 is 5.96 Å². The van der Waals surface area contributed by atoms with Gasteiger partial charge in [0.15, 0.2) is 0 Å². The molecule has 0 spiro atoms. The molecule has 0 amide bonds. The number of nitrogens with zero attached hydrogens (tertiary/aromatic N) is 2. The molecule has 1 aromatic carbocycles. The maximum atomic E-state index is 5.41. The second-order valence-electron chi connectivity index (χ2n) is 3.63. The zero-order chi connectivity index (χ0) is 10.7. The van der Waals surface area contributed by atoms with E-state index in [4.69, 9.17) is 5.84 Å². The molecule has 1 heterocycles. The lowest BCUT2D eigenvalue weighted by molar-refractivity contribution is 0.379. The van der Waals surface area contributed by atoms with E-state index >= 15 is 0 Å². The molecule has 1 aliphatic rings. The SMILES string of the molecule is CN=C(NN)N1CCc2ccccc2C1. The number of nitrogens with one attached hydrogen (secondary N) is 1. The molecule has 0 aromatic heterocycles. The first-order valence-corrected chi connectivity index (χ1v) is 5.10. The molecular formula is C11H16N4. The molecule has 0 fully saturated rings. The lowest BCUT2D eigenvalue weighted by Gasteiger charge is -2.30. The van der Waals surface area contributed by atoms with Gasteiger partial charge in [0.2, 0.25) is 5.96 Å². The van der Waals surface area contributed by atoms with Crippen molar-refractivity contribution in [3.63, 3.8) is 0 Å². The lowest BCUT2D eigenvalue weighted by Crippen LogP contribution is -2.46. The molecule has 3 N–H and O–H groups in total. The second-order valence-corrected chi connectivity index (χ2v) is 3.63. The average Bonchev–Trinajstić information content (AvgIpc) is 2.30. The van der Waals surface area contributed by atoms with E-state index in [-0.39, 0.29) is 0 Å². The Labute approximate surface area is 89.8 Å². The summed E-state index contributed by atoms with van der Waals surface area (Å²) in [5.41, 5.74) is 5.42. The standard InChI is InChI=1S/C11H16N4/c1-13-11(14-12)15-7-6-9-4-2-3-5-10(9)8-15/h2-5H,6-8,12H2,1H3,(H,13,14). The Morgan fingerprint density at radius 1 is 1.40 bits per heavy atom. The highest BCUT2D eigenvalue weighted by molar-refractivity contribution is 5.79. The summed E-state index contributed by atoms with van der Waals surface area (Å²) in [6.45, 7) is 1.85. The largest absolute Gasteiger partial charge is 0.337 e. The molecule has 80 valence electrons. The van der Waals surface area contributed by atoms with Crippen LogP contribution in [0, 0.1) is 0 Å². The minimum absolute atomic E-state index is 0.754. The van der Waals surface area contributed by atoms with Gasteiger partial charge in [-0.2, -0.15) is 0 Å². The molecule has 0 saturated heterocycles. The Balaban J connectivity index is 2.18. The fourth-order valence-electron chi connectivity index (χ4n) is 1.97. The molecule has 0 unspecified atom stereocenters. The van der Waals surface area contributed by atoms with Crippen LogP contribution in [-0.4, -0.2) is 24.5 Å². The number of hydrogen-bond donors (Lipinski definition) is 2. The fourth-order valence-corrected chi connectivity index (χ4v) is 1.97. The van der Waals surface area contributed by atoms with Crippen molar-refractivity contribution < 1.29 is 0 Å². The van der Waals surface area contributed by atoms with Crippen LogP contribution in [0.5, 0.6) is 0 Å². The number of aliphatic imine (C=N–C) groups is 1. The monoisotopic (exact) mass is 204 g/mol. The van der Waals surface area contributed by atoms with Crippen LogP contribution in [-0.2, 0) is 13.0 Å². The van der Waals surface area contributed by atoms with Crippen LogP contribution < -0.4 is 11.3 Å². The van der Waals surface area contributed by atoms with E-state index in [1.165, 1.54) is 11.1 Å². The number of hydrazine groups is 1. The number of rotatable bonds is 0. The molecule has 0 bridgehead atoms. The number of hydrogen-bond acceptors (Lipinski definition) is 2. The Hall–Kier alpha value is -1.55. The van der Waals surface area contributed by atoms with Gasteiger partial charge in [0, 0.05) is 20.1 Å². The van der Waals surface area contributed by atoms with E-state index in [0.29, 0.717) is 0 Å². The molecule has 1 aliphatic heterocycles. The van der Waals surface area contributed by atoms with E-state index in [1.54, 1.807) is 7.05 Å². The van der Waals surface area contributed by atoms with E-state index in [9.17, 15) is 0 Å². The van der Waals surface area contributed by atoms with Gasteiger partial charge in [-0.05, 0) is 17.5 Å². The van der Waals surface area contributed by atoms with Gasteiger partial charge in [-0.1, -0.05) is 24.3 Å². The van der Waals surface area contributed by atoms with Crippen molar-refractivity contribution in [2.45, 2.75) is 13.0 Å². The fraction of sp³-hybridized carbons (Fsp3) is 0.364. The van der Waals surface area contributed by atoms with Crippen molar-refractivity contribution in [2.75, 3.05) is 13.6 Å². The molecule has 4 nitrogen and oxygen atoms in total. The van der Waals surface area contributed by atoms with Gasteiger partial charge in [0.25, 0.3) is 0 Å². The number of guanidine groups is 1. The predicted octanol–water partition coefficient (Wildman–Crippen LogP) is 0.494. The zero-order valence-corrected chi connectivity index (χ0v) is 8.90. The van der Waals surface area contributed by atoms with Crippen molar-refractivity contribution in [3.05, 3.63) is 35.4 Å². The molecule has 15 heavy (non-hydrogen) atoms. The second kappa shape index (κ2) is 4.31. The summed E-state index contributed by atoms with van der Waals surface area (Å²) in [5, 5.41) is 0. The topological polar surface area (TPSA) is 53.6 Å². The number of benzene rings is 1. The molecule has 0 saturated carbocycles. The third kappa shape index (κ3) is 1.94. The van der Waals surface area contributed by atoms with Crippen molar-refractivity contribution in [1.29, 1.82) is 0 Å². The van der Waals surface area contributed by atoms with E-state index < -0.39 is 0 Å². The molecule has 2 rings (SSSR count). The van der Waals surface area contributed by atoms with Gasteiger partial charge in [-0.15, -0.1) is 0 Å². The summed E-state index contributed by atoms with van der Waals surface area (Å²) in [6, 6.07) is 8.50. The third-order valence-corrected chi connectivity index (χ3v) is 2.77. The zero-order valence-electron chi connectivity index (χ0n) is 8.90. The summed E-state index contributed by atoms with van der Waals surface area (Å²) in [4.78, 5) is 6.26. The maximum Gasteiger partial charge on any atom is 0.208 e. The summed E-state index contributed by atoms with van der Waals surface area (Å²) < 4.78 is 0. The smallest absolute Gasteiger partial charge is 0.208 e. The van der Waals surface area contributed by atoms with Gasteiger partial charge in [-0.3, -0.25) is 10.4 Å². The Morgan fingerprint density at radius 2 is 2.13 bits per heavy atom. The predicted molar refractivity (Wildman–Crippen MR) is 61.2 cm³/mol. The highest BCUT2D eigenvalue weighted by Gasteiger charge is 2.17. The third-order valence-electron chi connectivity index (χ3n) is 2.77. The molecule has 1 aromatic rings. The first-order valence-electron chi connectivity index (χ1n) is 5.10. The molecule has 0 aliphatic carbocycles. The van der Waals surface area contributed by atoms with Crippen LogP contribution in [0.3, 0.4) is 0 Å². The van der Waals surface area contributed by atoms with Gasteiger partial charge in [0.05, 0.1) is 0 Å². The van der Waals surface area contributed by atoms with E-state index in [2.05, 4.69) is 39.6 Å². The molecule has 0 atom stereocenters. The summed E-state index contributed by atoms with van der Waals surface area (Å²) in [7, 11) is 1.75. The van der Waals surface area contributed by atoms with Gasteiger partial charge in [-0.25, -0.2) is 5.84 Å². The van der Waals surface area contributed by atoms with Crippen molar-refractivity contribution in [2.24, 2.45) is 10.8 Å². The van der Waals surface area contributed by atoms with Crippen LogP contribution in [0.1, 0.15) is 11.1 Å². The van der Waals surface area contributed by atoms with E-state index in [1.807, 2.05) is 0 Å². The van der Waals surface area contributed by atoms with Crippen molar-refractivity contribution in [1.82, 2.24) is 10.3 Å². The average molecular weight is 204 g/mol. The maximum absolute atomic E-state index is 5.41. The van der Waals surface area contributed by atoms with Crippen LogP contribution in [0.25, 0.3) is 0 Å². The highest BCUT2D eigenvalue weighted by atomic mass is 15.4. The quantitative estimate of drug-likeness (QED) is 0.280. The Bertz CT molecular complexity index is 373. The van der Waals surface area contributed by atoms with Gasteiger partial charge >= 0.3 is 0 Å². The molecular weight excluding hydrogens is 188 g/mol. The van der Waals surface area contributed by atoms with Gasteiger partial charge in [0.1, 0.15) is 0 Å². The molecule has 4 heteroatoms. The van der Waals surface area contributed by atoms with E-state index in [0.717, 1.165) is 25.5 Å². The van der Waals surface area contributed by atoms with Crippen molar-refractivity contribution in [3.8, 4) is 0 Å². The number of fused-ring (bicyclic) bond motifs is 1. The lowest BCUT2D eigenvalue weighted by atomic mass is 10.0. The summed E-state index contributed by atoms with van der Waals surface area (Å²) in [6.07, 6.45) is 1.05. The highest BCUT2D eigenvalue weighted by Crippen LogP contribution is 2.17.